The van der Waals surface area contributed by atoms with Crippen LogP contribution in [0.3, 0.4) is 0 Å². The van der Waals surface area contributed by atoms with Gasteiger partial charge in [0.25, 0.3) is 5.91 Å². The molecule has 2 aliphatic heterocycles. The number of aromatic nitrogens is 1. The molecule has 6 rings (SSSR count). The molecule has 350 valence electrons. The fourth-order valence-electron chi connectivity index (χ4n) is 8.58. The first-order chi connectivity index (χ1) is 30.5. The number of ether oxygens (including phenoxy) is 4. The zero-order chi connectivity index (χ0) is 48.0. The molecule has 0 aliphatic carbocycles. The summed E-state index contributed by atoms with van der Waals surface area (Å²) < 4.78 is 30.4. The second-order valence-electron chi connectivity index (χ2n) is 17.8. The molecule has 0 saturated heterocycles. The van der Waals surface area contributed by atoms with Crippen molar-refractivity contribution in [2.75, 3.05) is 51.6 Å². The molecular formula is C48H60N4O13. The number of aromatic hydroxyl groups is 1. The van der Waals surface area contributed by atoms with Crippen LogP contribution >= 0.6 is 0 Å². The molecule has 1 aromatic heterocycles. The van der Waals surface area contributed by atoms with Gasteiger partial charge in [0, 0.05) is 99.1 Å². The predicted octanol–water partition coefficient (Wildman–Crippen LogP) is 4.56. The Bertz CT molecular complexity index is 2800. The highest BCUT2D eigenvalue weighted by atomic mass is 16.7. The molecule has 0 radical (unpaired) electrons. The largest absolute Gasteiger partial charge is 0.507 e. The van der Waals surface area contributed by atoms with E-state index in [1.54, 1.807) is 45.9 Å². The Balaban J connectivity index is 1.64. The number of allylic oxidation sites excluding steroid dienone is 2. The summed E-state index contributed by atoms with van der Waals surface area (Å²) in [6.45, 7) is 13.8. The average Bonchev–Trinajstić information content (AvgIpc) is 3.52. The number of rotatable bonds is 6. The summed E-state index contributed by atoms with van der Waals surface area (Å²) in [6.07, 6.45) is 3.52. The van der Waals surface area contributed by atoms with Crippen molar-refractivity contribution in [3.05, 3.63) is 79.5 Å². The van der Waals surface area contributed by atoms with E-state index in [0.29, 0.717) is 18.8 Å². The molecule has 17 heteroatoms. The lowest BCUT2D eigenvalue weighted by Crippen LogP contribution is -2.46. The molecule has 3 heterocycles. The number of esters is 1. The number of carbonyl (C=O) groups excluding carboxylic acids is 2. The number of nitrogens with zero attached hydrogens (tertiary/aromatic N) is 3. The number of aliphatic hydroxyl groups is 3. The van der Waals surface area contributed by atoms with E-state index in [2.05, 4.69) is 5.32 Å². The fraction of sp³-hybridized carbons (Fsp3) is 0.479. The van der Waals surface area contributed by atoms with Crippen molar-refractivity contribution in [2.24, 2.45) is 23.7 Å². The van der Waals surface area contributed by atoms with Crippen molar-refractivity contribution in [1.29, 1.82) is 0 Å². The van der Waals surface area contributed by atoms with Crippen LogP contribution in [-0.4, -0.2) is 114 Å². The van der Waals surface area contributed by atoms with E-state index in [1.165, 1.54) is 59.3 Å². The van der Waals surface area contributed by atoms with Gasteiger partial charge in [-0.05, 0) is 34.0 Å². The Morgan fingerprint density at radius 2 is 1.63 bits per heavy atom. The van der Waals surface area contributed by atoms with Crippen LogP contribution in [0.2, 0.25) is 0 Å². The Kier molecular flexibility index (Phi) is 14.0. The molecule has 4 aromatic rings. The molecule has 0 spiro atoms. The van der Waals surface area contributed by atoms with Crippen LogP contribution in [0, 0.1) is 30.6 Å². The number of phenolic OH excluding ortho intramolecular Hbond substituents is 1. The molecule has 4 bridgehead atoms. The Morgan fingerprint density at radius 3 is 2.28 bits per heavy atom. The number of benzene rings is 3. The number of methoxy groups -OCH3 is 1. The van der Waals surface area contributed by atoms with Crippen molar-refractivity contribution in [1.82, 2.24) is 9.88 Å². The first-order valence-corrected chi connectivity index (χ1v) is 21.5. The lowest BCUT2D eigenvalue weighted by molar-refractivity contribution is -0.160. The number of hydrogen-bond donors (Lipinski definition) is 5. The van der Waals surface area contributed by atoms with Gasteiger partial charge >= 0.3 is 11.8 Å². The second-order valence-corrected chi connectivity index (χ2v) is 17.8. The van der Waals surface area contributed by atoms with E-state index in [4.69, 9.17) is 28.3 Å². The molecule has 0 saturated carbocycles. The quantitative estimate of drug-likeness (QED) is 0.101. The summed E-state index contributed by atoms with van der Waals surface area (Å²) in [5.41, 5.74) is -1.61. The van der Waals surface area contributed by atoms with Gasteiger partial charge in [0.2, 0.25) is 10.9 Å². The van der Waals surface area contributed by atoms with Crippen molar-refractivity contribution < 1.29 is 53.4 Å². The number of aliphatic hydroxyl groups excluding tert-OH is 3. The third-order valence-electron chi connectivity index (χ3n) is 12.7. The maximum atomic E-state index is 14.8. The van der Waals surface area contributed by atoms with Crippen LogP contribution in [0.25, 0.3) is 38.7 Å². The Labute approximate surface area is 376 Å². The molecule has 2 aliphatic rings. The number of carbonyl (C=O) groups is 2. The van der Waals surface area contributed by atoms with Crippen molar-refractivity contribution in [3.63, 3.8) is 0 Å². The minimum Gasteiger partial charge on any atom is -0.507 e. The predicted molar refractivity (Wildman–Crippen MR) is 247 cm³/mol. The molecule has 1 amide bonds. The van der Waals surface area contributed by atoms with Crippen LogP contribution in [0.15, 0.2) is 62.3 Å². The van der Waals surface area contributed by atoms with Gasteiger partial charge in [-0.1, -0.05) is 45.9 Å². The monoisotopic (exact) mass is 900 g/mol. The van der Waals surface area contributed by atoms with Crippen molar-refractivity contribution in [3.8, 4) is 11.5 Å². The normalized spacial score (nSPS) is 28.5. The van der Waals surface area contributed by atoms with E-state index in [9.17, 15) is 39.6 Å². The van der Waals surface area contributed by atoms with Crippen molar-refractivity contribution in [2.45, 2.75) is 85.6 Å². The highest BCUT2D eigenvalue weighted by Gasteiger charge is 2.44. The number of fused-ring (bicyclic) bond motifs is 2. The number of anilines is 2. The van der Waals surface area contributed by atoms with Gasteiger partial charge in [-0.25, -0.2) is 4.98 Å². The summed E-state index contributed by atoms with van der Waals surface area (Å²) in [5.74, 6) is -6.97. The van der Waals surface area contributed by atoms with E-state index < -0.39 is 88.1 Å². The van der Waals surface area contributed by atoms with Crippen LogP contribution in [0.4, 0.5) is 11.4 Å². The van der Waals surface area contributed by atoms with E-state index in [0.717, 1.165) is 0 Å². The lowest BCUT2D eigenvalue weighted by Gasteiger charge is -2.38. The van der Waals surface area contributed by atoms with Gasteiger partial charge in [0.1, 0.15) is 28.8 Å². The topological polar surface area (TPSA) is 231 Å². The zero-order valence-corrected chi connectivity index (χ0v) is 38.9. The lowest BCUT2D eigenvalue weighted by atomic mass is 9.78. The molecule has 17 nitrogen and oxygen atoms in total. The van der Waals surface area contributed by atoms with Gasteiger partial charge in [0.05, 0.1) is 35.2 Å². The molecule has 9 unspecified atom stereocenters. The number of hydrogen-bond acceptors (Lipinski definition) is 16. The fourth-order valence-corrected chi connectivity index (χ4v) is 8.58. The molecule has 5 N–H and O–H groups in total. The van der Waals surface area contributed by atoms with Gasteiger partial charge in [0.15, 0.2) is 22.4 Å². The summed E-state index contributed by atoms with van der Waals surface area (Å²) >= 11 is 0. The number of amides is 1. The van der Waals surface area contributed by atoms with Crippen LogP contribution < -0.4 is 31.0 Å². The third kappa shape index (κ3) is 9.15. The highest BCUT2D eigenvalue weighted by Crippen LogP contribution is 2.42. The molecule has 3 aromatic carbocycles. The minimum atomic E-state index is -1.98. The maximum absolute atomic E-state index is 14.8. The van der Waals surface area contributed by atoms with Crippen LogP contribution in [-0.2, 0) is 23.8 Å². The van der Waals surface area contributed by atoms with Gasteiger partial charge in [-0.3, -0.25) is 19.2 Å². The Hall–Kier alpha value is -6.01. The SMILES string of the molecule is COC1/C=C\OC2(C)Oc3c(C)c(O)c4c(=O)c(c5oc6cc(N(C)CCN(C)C)cc(=O)c6nc5c4c3=C2O)NC(=O)/C(C)=C/C=C\C(C)C(O)C(C)C(O)C(C)C(OC(C)=O)C1C. The second kappa shape index (κ2) is 18.8. The van der Waals surface area contributed by atoms with E-state index >= 15 is 0 Å². The number of likely N-dealkylation sites (N-methyl/N-ethyl adjacent to an activating group) is 2. The average molecular weight is 901 g/mol. The number of phenols is 1. The van der Waals surface area contributed by atoms with Gasteiger partial charge in [-0.15, -0.1) is 0 Å². The maximum Gasteiger partial charge on any atom is 0.307 e. The minimum absolute atomic E-state index is 0.00389. The number of nitrogens with one attached hydrogen (secondary N) is 1. The highest BCUT2D eigenvalue weighted by molar-refractivity contribution is 6.16. The van der Waals surface area contributed by atoms with Crippen LogP contribution in [0.1, 0.15) is 54.0 Å². The first kappa shape index (κ1) is 48.4. The Morgan fingerprint density at radius 1 is 0.938 bits per heavy atom. The standard InChI is InChI=1S/C48H60N4O13/c1-22-14-13-15-23(2)47(60)50-38-42(58)34-33(37-45(38)64-32-21-29(20-30(54)36(32)49-37)52(11)18-17-51(9)10)35-44(27(6)41(34)57)65-48(8,46(35)59)62-19-16-31(61-12)24(3)43(63-28(7)53)26(5)40(56)25(4)39(22)55/h13-16,19-22,24-26,31,39-40,43,55-57,59H,17-18H2,1-12H3,(H,50,60)/b14-13-,19-16-,23-15+. The third-order valence-corrected chi connectivity index (χ3v) is 12.7. The molecule has 9 atom stereocenters. The molecule has 65 heavy (non-hydrogen) atoms. The van der Waals surface area contributed by atoms with Gasteiger partial charge in [-0.2, -0.15) is 0 Å². The molecular weight excluding hydrogens is 841 g/mol. The summed E-state index contributed by atoms with van der Waals surface area (Å²) in [5, 5.41) is 49.1. The van der Waals surface area contributed by atoms with E-state index in [1.807, 2.05) is 30.9 Å². The smallest absolute Gasteiger partial charge is 0.307 e. The van der Waals surface area contributed by atoms with Crippen molar-refractivity contribution >= 4 is 62.0 Å². The van der Waals surface area contributed by atoms with Crippen LogP contribution in [0.5, 0.6) is 11.5 Å². The molecule has 0 fully saturated rings. The van der Waals surface area contributed by atoms with E-state index in [-0.39, 0.29) is 60.8 Å². The summed E-state index contributed by atoms with van der Waals surface area (Å²) in [7, 11) is 7.10. The van der Waals surface area contributed by atoms with Gasteiger partial charge < -0.3 is 58.9 Å². The first-order valence-electron chi connectivity index (χ1n) is 21.5. The zero-order valence-electron chi connectivity index (χ0n) is 38.9. The summed E-state index contributed by atoms with van der Waals surface area (Å²) in [4.78, 5) is 63.6. The summed E-state index contributed by atoms with van der Waals surface area (Å²) in [6, 6.07) is 3.01.